The lowest BCUT2D eigenvalue weighted by atomic mass is 10.0. The minimum atomic E-state index is -0.698. The summed E-state index contributed by atoms with van der Waals surface area (Å²) in [5, 5.41) is 12.6. The predicted molar refractivity (Wildman–Crippen MR) is 96.6 cm³/mol. The summed E-state index contributed by atoms with van der Waals surface area (Å²) in [7, 11) is 1.26. The van der Waals surface area contributed by atoms with E-state index in [2.05, 4.69) is 30.6 Å². The highest BCUT2D eigenvalue weighted by Crippen LogP contribution is 2.38. The van der Waals surface area contributed by atoms with Gasteiger partial charge in [-0.05, 0) is 30.9 Å². The first-order valence-electron chi connectivity index (χ1n) is 8.66. The van der Waals surface area contributed by atoms with Gasteiger partial charge in [-0.1, -0.05) is 26.0 Å². The topological polar surface area (TPSA) is 109 Å². The fourth-order valence-corrected chi connectivity index (χ4v) is 2.62. The molecule has 1 aliphatic rings. The number of hydrogen-bond acceptors (Lipinski definition) is 5. The Hall–Kier alpha value is -2.90. The number of amides is 2. The van der Waals surface area contributed by atoms with Crippen LogP contribution in [0, 0.1) is 5.92 Å². The van der Waals surface area contributed by atoms with Crippen LogP contribution in [0.2, 0.25) is 0 Å². The molecule has 1 saturated carbocycles. The molecule has 26 heavy (non-hydrogen) atoms. The van der Waals surface area contributed by atoms with Crippen molar-refractivity contribution in [3.63, 3.8) is 0 Å². The van der Waals surface area contributed by atoms with Gasteiger partial charge in [0.25, 0.3) is 0 Å². The number of carbonyl (C=O) groups is 2. The molecule has 1 fully saturated rings. The van der Waals surface area contributed by atoms with Crippen molar-refractivity contribution in [1.29, 1.82) is 0 Å². The summed E-state index contributed by atoms with van der Waals surface area (Å²) in [6, 6.07) is 6.62. The molecule has 0 bridgehead atoms. The van der Waals surface area contributed by atoms with E-state index >= 15 is 0 Å². The molecule has 8 heteroatoms. The van der Waals surface area contributed by atoms with Gasteiger partial charge in [0.05, 0.1) is 7.11 Å². The van der Waals surface area contributed by atoms with Gasteiger partial charge in [-0.2, -0.15) is 5.10 Å². The number of carbonyl (C=O) groups excluding carboxylic acids is 2. The number of anilines is 1. The van der Waals surface area contributed by atoms with E-state index in [1.807, 2.05) is 32.0 Å². The standard InChI is InChI=1S/C18H23N5O3/c1-10(2)14(20-18(25)26-3)17(24)19-13-6-4-5-12(9-13)16-21-15(22-23-16)11-7-8-11/h4-6,9-11,14H,7-8H2,1-3H3,(H,19,24)(H,20,25)(H,21,22,23). The average Bonchev–Trinajstić information content (AvgIpc) is 3.36. The number of aromatic nitrogens is 3. The maximum atomic E-state index is 12.5. The minimum absolute atomic E-state index is 0.0913. The Bertz CT molecular complexity index is 798. The number of rotatable bonds is 6. The van der Waals surface area contributed by atoms with Crippen molar-refractivity contribution in [3.8, 4) is 11.4 Å². The van der Waals surface area contributed by atoms with Gasteiger partial charge in [0.2, 0.25) is 5.91 Å². The average molecular weight is 357 g/mol. The summed E-state index contributed by atoms with van der Waals surface area (Å²) in [4.78, 5) is 28.5. The van der Waals surface area contributed by atoms with Crippen LogP contribution in [-0.2, 0) is 9.53 Å². The zero-order valence-corrected chi connectivity index (χ0v) is 15.1. The Kier molecular flexibility index (Phi) is 5.20. The fourth-order valence-electron chi connectivity index (χ4n) is 2.62. The minimum Gasteiger partial charge on any atom is -0.453 e. The predicted octanol–water partition coefficient (Wildman–Crippen LogP) is 2.67. The molecule has 0 aliphatic heterocycles. The lowest BCUT2D eigenvalue weighted by Gasteiger charge is -2.21. The van der Waals surface area contributed by atoms with E-state index in [9.17, 15) is 9.59 Å². The smallest absolute Gasteiger partial charge is 0.407 e. The van der Waals surface area contributed by atoms with Crippen molar-refractivity contribution >= 4 is 17.7 Å². The molecule has 1 aliphatic carbocycles. The summed E-state index contributed by atoms with van der Waals surface area (Å²) in [6.45, 7) is 3.70. The van der Waals surface area contributed by atoms with E-state index in [4.69, 9.17) is 0 Å². The van der Waals surface area contributed by atoms with Crippen molar-refractivity contribution in [2.75, 3.05) is 12.4 Å². The quantitative estimate of drug-likeness (QED) is 0.736. The van der Waals surface area contributed by atoms with Gasteiger partial charge in [-0.3, -0.25) is 9.89 Å². The number of benzene rings is 1. The zero-order valence-electron chi connectivity index (χ0n) is 15.1. The second kappa shape index (κ2) is 7.55. The summed E-state index contributed by atoms with van der Waals surface area (Å²) >= 11 is 0. The lowest BCUT2D eigenvalue weighted by Crippen LogP contribution is -2.47. The molecule has 1 atom stereocenters. The Morgan fingerprint density at radius 2 is 2.08 bits per heavy atom. The van der Waals surface area contributed by atoms with Gasteiger partial charge in [-0.25, -0.2) is 9.78 Å². The molecule has 1 heterocycles. The number of nitrogens with zero attached hydrogens (tertiary/aromatic N) is 2. The van der Waals surface area contributed by atoms with E-state index in [1.54, 1.807) is 6.07 Å². The first-order chi connectivity index (χ1) is 12.5. The van der Waals surface area contributed by atoms with Crippen LogP contribution in [-0.4, -0.2) is 40.3 Å². The van der Waals surface area contributed by atoms with Crippen LogP contribution >= 0.6 is 0 Å². The summed E-state index contributed by atoms with van der Waals surface area (Å²) in [5.74, 6) is 1.62. The lowest BCUT2D eigenvalue weighted by molar-refractivity contribution is -0.119. The Balaban J connectivity index is 1.72. The molecule has 3 rings (SSSR count). The zero-order chi connectivity index (χ0) is 18.7. The molecule has 0 radical (unpaired) electrons. The molecule has 0 saturated heterocycles. The summed E-state index contributed by atoms with van der Waals surface area (Å²) < 4.78 is 4.58. The maximum Gasteiger partial charge on any atom is 0.407 e. The number of alkyl carbamates (subject to hydrolysis) is 1. The molecule has 3 N–H and O–H groups in total. The highest BCUT2D eigenvalue weighted by molar-refractivity contribution is 5.97. The van der Waals surface area contributed by atoms with E-state index in [1.165, 1.54) is 7.11 Å². The molecule has 2 amide bonds. The van der Waals surface area contributed by atoms with E-state index < -0.39 is 12.1 Å². The van der Waals surface area contributed by atoms with Gasteiger partial charge in [0, 0.05) is 17.2 Å². The number of hydrogen-bond donors (Lipinski definition) is 3. The van der Waals surface area contributed by atoms with Crippen molar-refractivity contribution in [2.24, 2.45) is 5.92 Å². The first kappa shape index (κ1) is 17.9. The molecule has 1 aromatic heterocycles. The molecular weight excluding hydrogens is 334 g/mol. The number of H-pyrrole nitrogens is 1. The monoisotopic (exact) mass is 357 g/mol. The fraction of sp³-hybridized carbons (Fsp3) is 0.444. The van der Waals surface area contributed by atoms with Crippen molar-refractivity contribution in [3.05, 3.63) is 30.1 Å². The third kappa shape index (κ3) is 4.19. The van der Waals surface area contributed by atoms with Crippen molar-refractivity contribution in [1.82, 2.24) is 20.5 Å². The Morgan fingerprint density at radius 3 is 2.73 bits per heavy atom. The second-order valence-corrected chi connectivity index (χ2v) is 6.75. The number of methoxy groups -OCH3 is 1. The van der Waals surface area contributed by atoms with Crippen LogP contribution in [0.5, 0.6) is 0 Å². The van der Waals surface area contributed by atoms with Gasteiger partial charge >= 0.3 is 6.09 Å². The van der Waals surface area contributed by atoms with Crippen LogP contribution in [0.4, 0.5) is 10.5 Å². The number of ether oxygens (including phenoxy) is 1. The number of aromatic amines is 1. The summed E-state index contributed by atoms with van der Waals surface area (Å²) in [6.07, 6.45) is 1.66. The highest BCUT2D eigenvalue weighted by atomic mass is 16.5. The third-order valence-electron chi connectivity index (χ3n) is 4.26. The Labute approximate surface area is 151 Å². The van der Waals surface area contributed by atoms with Crippen LogP contribution in [0.15, 0.2) is 24.3 Å². The van der Waals surface area contributed by atoms with Crippen molar-refractivity contribution in [2.45, 2.75) is 38.6 Å². The van der Waals surface area contributed by atoms with Crippen LogP contribution < -0.4 is 10.6 Å². The second-order valence-electron chi connectivity index (χ2n) is 6.75. The molecule has 1 unspecified atom stereocenters. The van der Waals surface area contributed by atoms with Crippen LogP contribution in [0.25, 0.3) is 11.4 Å². The summed E-state index contributed by atoms with van der Waals surface area (Å²) in [5.41, 5.74) is 1.43. The van der Waals surface area contributed by atoms with E-state index in [-0.39, 0.29) is 11.8 Å². The third-order valence-corrected chi connectivity index (χ3v) is 4.26. The van der Waals surface area contributed by atoms with Gasteiger partial charge in [0.1, 0.15) is 11.9 Å². The van der Waals surface area contributed by atoms with E-state index in [0.29, 0.717) is 17.4 Å². The molecule has 8 nitrogen and oxygen atoms in total. The SMILES string of the molecule is COC(=O)NC(C(=O)Nc1cccc(-c2n[nH]c(C3CC3)n2)c1)C(C)C. The van der Waals surface area contributed by atoms with Crippen molar-refractivity contribution < 1.29 is 14.3 Å². The van der Waals surface area contributed by atoms with Crippen LogP contribution in [0.1, 0.15) is 38.4 Å². The van der Waals surface area contributed by atoms with Gasteiger partial charge in [0.15, 0.2) is 5.82 Å². The van der Waals surface area contributed by atoms with Gasteiger partial charge < -0.3 is 15.4 Å². The first-order valence-corrected chi connectivity index (χ1v) is 8.66. The van der Waals surface area contributed by atoms with Gasteiger partial charge in [-0.15, -0.1) is 0 Å². The normalized spacial score (nSPS) is 14.8. The highest BCUT2D eigenvalue weighted by Gasteiger charge is 2.27. The molecule has 0 spiro atoms. The Morgan fingerprint density at radius 1 is 1.31 bits per heavy atom. The molecular formula is C18H23N5O3. The maximum absolute atomic E-state index is 12.5. The van der Waals surface area contributed by atoms with Crippen LogP contribution in [0.3, 0.4) is 0 Å². The molecule has 138 valence electrons. The number of nitrogens with one attached hydrogen (secondary N) is 3. The van der Waals surface area contributed by atoms with E-state index in [0.717, 1.165) is 24.2 Å². The largest absolute Gasteiger partial charge is 0.453 e. The molecule has 2 aromatic rings. The molecule has 1 aromatic carbocycles.